The van der Waals surface area contributed by atoms with Crippen LogP contribution in [0.5, 0.6) is 0 Å². The molecule has 1 aromatic carbocycles. The number of carbonyl (C=O) groups is 2. The lowest BCUT2D eigenvalue weighted by Gasteiger charge is -2.08. The number of hydrogen-bond acceptors (Lipinski definition) is 5. The maximum Gasteiger partial charge on any atom is 0.321 e. The van der Waals surface area contributed by atoms with E-state index in [0.717, 1.165) is 24.2 Å². The van der Waals surface area contributed by atoms with E-state index in [1.54, 1.807) is 6.08 Å². The summed E-state index contributed by atoms with van der Waals surface area (Å²) in [4.78, 5) is 23.6. The van der Waals surface area contributed by atoms with Gasteiger partial charge in [0.1, 0.15) is 5.82 Å². The highest BCUT2D eigenvalue weighted by molar-refractivity contribution is 7.99. The zero-order valence-corrected chi connectivity index (χ0v) is 16.3. The topological polar surface area (TPSA) is 88.9 Å². The summed E-state index contributed by atoms with van der Waals surface area (Å²) in [7, 11) is 0. The Hall–Kier alpha value is -2.61. The quantitative estimate of drug-likeness (QED) is 0.372. The smallest absolute Gasteiger partial charge is 0.321 e. The molecule has 27 heavy (non-hydrogen) atoms. The zero-order chi connectivity index (χ0) is 19.5. The maximum absolute atomic E-state index is 12.0. The van der Waals surface area contributed by atoms with Crippen molar-refractivity contribution in [3.05, 3.63) is 54.4 Å². The lowest BCUT2D eigenvalue weighted by atomic mass is 10.1. The van der Waals surface area contributed by atoms with E-state index in [9.17, 15) is 9.59 Å². The Morgan fingerprint density at radius 3 is 2.74 bits per heavy atom. The SMILES string of the molecule is C=CCn1c(Cc2ccccc2)nnc1SCC(=O)NC(=O)NCCCC. The third kappa shape index (κ3) is 6.90. The van der Waals surface area contributed by atoms with Crippen molar-refractivity contribution in [1.82, 2.24) is 25.4 Å². The molecule has 1 heterocycles. The molecule has 2 rings (SSSR count). The first-order valence-electron chi connectivity index (χ1n) is 8.91. The van der Waals surface area contributed by atoms with Gasteiger partial charge < -0.3 is 9.88 Å². The Balaban J connectivity index is 1.92. The molecule has 0 aliphatic carbocycles. The van der Waals surface area contributed by atoms with Gasteiger partial charge in [-0.2, -0.15) is 0 Å². The van der Waals surface area contributed by atoms with Crippen molar-refractivity contribution in [2.75, 3.05) is 12.3 Å². The number of rotatable bonds is 10. The normalized spacial score (nSPS) is 10.4. The fourth-order valence-electron chi connectivity index (χ4n) is 2.36. The highest BCUT2D eigenvalue weighted by Crippen LogP contribution is 2.18. The molecule has 0 spiro atoms. The Morgan fingerprint density at radius 2 is 2.04 bits per heavy atom. The van der Waals surface area contributed by atoms with Gasteiger partial charge in [-0.25, -0.2) is 4.79 Å². The van der Waals surface area contributed by atoms with E-state index in [0.29, 0.717) is 24.7 Å². The summed E-state index contributed by atoms with van der Waals surface area (Å²) in [5.74, 6) is 0.523. The van der Waals surface area contributed by atoms with Gasteiger partial charge in [0.25, 0.3) is 0 Å². The molecule has 0 aliphatic rings. The second-order valence-corrected chi connectivity index (χ2v) is 6.85. The number of urea groups is 1. The molecule has 0 bridgehead atoms. The van der Waals surface area contributed by atoms with Crippen LogP contribution in [0.1, 0.15) is 31.2 Å². The van der Waals surface area contributed by atoms with Gasteiger partial charge in [-0.05, 0) is 12.0 Å². The Morgan fingerprint density at radius 1 is 1.26 bits per heavy atom. The van der Waals surface area contributed by atoms with E-state index < -0.39 is 6.03 Å². The van der Waals surface area contributed by atoms with Gasteiger partial charge in [-0.3, -0.25) is 10.1 Å². The van der Waals surface area contributed by atoms with Gasteiger partial charge in [0, 0.05) is 19.5 Å². The Kier molecular flexibility index (Phi) is 8.57. The summed E-state index contributed by atoms with van der Waals surface area (Å²) < 4.78 is 1.93. The molecular formula is C19H25N5O2S. The molecule has 0 atom stereocenters. The predicted octanol–water partition coefficient (Wildman–Crippen LogP) is 2.77. The average molecular weight is 388 g/mol. The molecule has 8 heteroatoms. The minimum absolute atomic E-state index is 0.0851. The van der Waals surface area contributed by atoms with E-state index in [1.165, 1.54) is 11.8 Å². The van der Waals surface area contributed by atoms with Gasteiger partial charge in [-0.1, -0.05) is 61.5 Å². The van der Waals surface area contributed by atoms with Crippen molar-refractivity contribution in [2.24, 2.45) is 0 Å². The second-order valence-electron chi connectivity index (χ2n) is 5.91. The van der Waals surface area contributed by atoms with Crippen LogP contribution in [0.4, 0.5) is 4.79 Å². The number of imide groups is 1. The van der Waals surface area contributed by atoms with Crippen LogP contribution in [0.15, 0.2) is 48.1 Å². The number of nitrogens with zero attached hydrogens (tertiary/aromatic N) is 3. The molecule has 7 nitrogen and oxygen atoms in total. The van der Waals surface area contributed by atoms with Crippen LogP contribution in [0.3, 0.4) is 0 Å². The molecule has 1 aromatic heterocycles. The molecule has 0 aliphatic heterocycles. The molecule has 2 aromatic rings. The van der Waals surface area contributed by atoms with Crippen molar-refractivity contribution in [3.8, 4) is 0 Å². The van der Waals surface area contributed by atoms with Gasteiger partial charge in [0.05, 0.1) is 5.75 Å². The van der Waals surface area contributed by atoms with Crippen LogP contribution in [0, 0.1) is 0 Å². The summed E-state index contributed by atoms with van der Waals surface area (Å²) in [6, 6.07) is 9.53. The number of nitrogens with one attached hydrogen (secondary N) is 2. The fourth-order valence-corrected chi connectivity index (χ4v) is 3.13. The number of carbonyl (C=O) groups excluding carboxylic acids is 2. The highest BCUT2D eigenvalue weighted by Gasteiger charge is 2.15. The number of thioether (sulfide) groups is 1. The molecule has 0 unspecified atom stereocenters. The summed E-state index contributed by atoms with van der Waals surface area (Å²) in [5.41, 5.74) is 1.13. The number of amides is 3. The number of benzene rings is 1. The van der Waals surface area contributed by atoms with Gasteiger partial charge >= 0.3 is 6.03 Å². The summed E-state index contributed by atoms with van der Waals surface area (Å²) in [6.45, 7) is 6.92. The number of allylic oxidation sites excluding steroid dienone is 1. The summed E-state index contributed by atoms with van der Waals surface area (Å²) in [5, 5.41) is 14.0. The van der Waals surface area contributed by atoms with Crippen molar-refractivity contribution in [3.63, 3.8) is 0 Å². The lowest BCUT2D eigenvalue weighted by Crippen LogP contribution is -2.40. The number of unbranched alkanes of at least 4 members (excludes halogenated alkanes) is 1. The van der Waals surface area contributed by atoms with Crippen molar-refractivity contribution >= 4 is 23.7 Å². The third-order valence-electron chi connectivity index (χ3n) is 3.71. The van der Waals surface area contributed by atoms with E-state index in [1.807, 2.05) is 41.8 Å². The number of aromatic nitrogens is 3. The van der Waals surface area contributed by atoms with Crippen LogP contribution in [0.2, 0.25) is 0 Å². The lowest BCUT2D eigenvalue weighted by molar-refractivity contribution is -0.117. The molecule has 0 radical (unpaired) electrons. The van der Waals surface area contributed by atoms with Gasteiger partial charge in [0.15, 0.2) is 5.16 Å². The van der Waals surface area contributed by atoms with Crippen molar-refractivity contribution in [1.29, 1.82) is 0 Å². The largest absolute Gasteiger partial charge is 0.338 e. The fraction of sp³-hybridized carbons (Fsp3) is 0.368. The second kappa shape index (κ2) is 11.2. The third-order valence-corrected chi connectivity index (χ3v) is 4.68. The van der Waals surface area contributed by atoms with Crippen LogP contribution in [0.25, 0.3) is 0 Å². The molecule has 0 saturated heterocycles. The predicted molar refractivity (Wildman–Crippen MR) is 107 cm³/mol. The summed E-state index contributed by atoms with van der Waals surface area (Å²) in [6.07, 6.45) is 4.27. The zero-order valence-electron chi connectivity index (χ0n) is 15.5. The first-order valence-corrected chi connectivity index (χ1v) is 9.90. The maximum atomic E-state index is 12.0. The standard InChI is InChI=1S/C19H25N5O2S/c1-3-5-11-20-18(26)21-17(25)14-27-19-23-22-16(24(19)12-4-2)13-15-9-7-6-8-10-15/h4,6-10H,2-3,5,11-14H2,1H3,(H2,20,21,25,26). The highest BCUT2D eigenvalue weighted by atomic mass is 32.2. The first-order chi connectivity index (χ1) is 13.1. The molecule has 144 valence electrons. The van der Waals surface area contributed by atoms with Crippen molar-refractivity contribution < 1.29 is 9.59 Å². The van der Waals surface area contributed by atoms with Crippen LogP contribution >= 0.6 is 11.8 Å². The summed E-state index contributed by atoms with van der Waals surface area (Å²) >= 11 is 1.25. The van der Waals surface area contributed by atoms with E-state index >= 15 is 0 Å². The van der Waals surface area contributed by atoms with Crippen LogP contribution in [-0.4, -0.2) is 39.0 Å². The molecule has 3 amide bonds. The van der Waals surface area contributed by atoms with Crippen LogP contribution < -0.4 is 10.6 Å². The average Bonchev–Trinajstić information content (AvgIpc) is 3.03. The van der Waals surface area contributed by atoms with E-state index in [-0.39, 0.29) is 11.7 Å². The molecule has 0 fully saturated rings. The molecule has 0 saturated carbocycles. The van der Waals surface area contributed by atoms with Gasteiger partial charge in [0.2, 0.25) is 5.91 Å². The van der Waals surface area contributed by atoms with Gasteiger partial charge in [-0.15, -0.1) is 16.8 Å². The molecule has 2 N–H and O–H groups in total. The minimum Gasteiger partial charge on any atom is -0.338 e. The Bertz CT molecular complexity index is 761. The van der Waals surface area contributed by atoms with E-state index in [2.05, 4.69) is 27.4 Å². The Labute approximate surface area is 163 Å². The number of hydrogen-bond donors (Lipinski definition) is 2. The van der Waals surface area contributed by atoms with E-state index in [4.69, 9.17) is 0 Å². The minimum atomic E-state index is -0.466. The van der Waals surface area contributed by atoms with Crippen LogP contribution in [-0.2, 0) is 17.8 Å². The molecular weight excluding hydrogens is 362 g/mol. The van der Waals surface area contributed by atoms with Crippen molar-refractivity contribution in [2.45, 2.75) is 37.9 Å². The first kappa shape index (κ1) is 20.7. The monoisotopic (exact) mass is 387 g/mol.